The second-order valence-corrected chi connectivity index (χ2v) is 6.52. The standard InChI is InChI=1S/C18H27NO2/c1-2-14-3-5-15(6-4-14)17(19)16-7-10-21-18(13-16)8-11-20-12-9-18/h3-6,16-17H,2,7-13,19H2,1H3. The monoisotopic (exact) mass is 289 g/mol. The third kappa shape index (κ3) is 3.31. The molecule has 3 heteroatoms. The van der Waals surface area contributed by atoms with Gasteiger partial charge < -0.3 is 15.2 Å². The Morgan fingerprint density at radius 1 is 1.19 bits per heavy atom. The number of aryl methyl sites for hydroxylation is 1. The van der Waals surface area contributed by atoms with Crippen molar-refractivity contribution >= 4 is 0 Å². The van der Waals surface area contributed by atoms with Crippen molar-refractivity contribution in [3.05, 3.63) is 35.4 Å². The first-order chi connectivity index (χ1) is 10.2. The van der Waals surface area contributed by atoms with E-state index in [9.17, 15) is 0 Å². The van der Waals surface area contributed by atoms with E-state index in [4.69, 9.17) is 15.2 Å². The predicted molar refractivity (Wildman–Crippen MR) is 84.2 cm³/mol. The van der Waals surface area contributed by atoms with Crippen molar-refractivity contribution in [3.63, 3.8) is 0 Å². The fourth-order valence-corrected chi connectivity index (χ4v) is 3.71. The molecule has 2 heterocycles. The second-order valence-electron chi connectivity index (χ2n) is 6.52. The predicted octanol–water partition coefficient (Wildman–Crippen LogP) is 3.22. The van der Waals surface area contributed by atoms with Gasteiger partial charge in [-0.25, -0.2) is 0 Å². The first-order valence-corrected chi connectivity index (χ1v) is 8.28. The van der Waals surface area contributed by atoms with Gasteiger partial charge in [-0.3, -0.25) is 0 Å². The average molecular weight is 289 g/mol. The SMILES string of the molecule is CCc1ccc(C(N)C2CCOC3(CCOCC3)C2)cc1. The Balaban J connectivity index is 1.69. The van der Waals surface area contributed by atoms with Crippen molar-refractivity contribution in [3.8, 4) is 0 Å². The highest BCUT2D eigenvalue weighted by Gasteiger charge is 2.40. The van der Waals surface area contributed by atoms with Crippen molar-refractivity contribution in [2.75, 3.05) is 19.8 Å². The molecular weight excluding hydrogens is 262 g/mol. The van der Waals surface area contributed by atoms with Crippen LogP contribution in [-0.2, 0) is 15.9 Å². The third-order valence-corrected chi connectivity index (χ3v) is 5.22. The minimum absolute atomic E-state index is 0.0299. The number of hydrogen-bond donors (Lipinski definition) is 1. The van der Waals surface area contributed by atoms with Crippen LogP contribution in [0.2, 0.25) is 0 Å². The molecule has 3 rings (SSSR count). The molecule has 2 atom stereocenters. The van der Waals surface area contributed by atoms with E-state index in [1.54, 1.807) is 0 Å². The van der Waals surface area contributed by atoms with Gasteiger partial charge in [-0.1, -0.05) is 31.2 Å². The first-order valence-electron chi connectivity index (χ1n) is 8.28. The van der Waals surface area contributed by atoms with Crippen LogP contribution in [0, 0.1) is 5.92 Å². The van der Waals surface area contributed by atoms with Crippen LogP contribution in [0.3, 0.4) is 0 Å². The van der Waals surface area contributed by atoms with Gasteiger partial charge in [-0.15, -0.1) is 0 Å². The molecule has 1 aromatic carbocycles. The van der Waals surface area contributed by atoms with E-state index < -0.39 is 0 Å². The Labute approximate surface area is 127 Å². The van der Waals surface area contributed by atoms with E-state index in [1.165, 1.54) is 11.1 Å². The summed E-state index contributed by atoms with van der Waals surface area (Å²) in [6.07, 6.45) is 5.26. The molecule has 0 saturated carbocycles. The van der Waals surface area contributed by atoms with Crippen LogP contribution in [-0.4, -0.2) is 25.4 Å². The molecule has 1 aromatic rings. The molecule has 3 nitrogen and oxygen atoms in total. The largest absolute Gasteiger partial charge is 0.381 e. The van der Waals surface area contributed by atoms with Gasteiger partial charge in [0.2, 0.25) is 0 Å². The van der Waals surface area contributed by atoms with E-state index >= 15 is 0 Å². The van der Waals surface area contributed by atoms with Gasteiger partial charge in [0.1, 0.15) is 0 Å². The lowest BCUT2D eigenvalue weighted by Gasteiger charge is -2.44. The number of hydrogen-bond acceptors (Lipinski definition) is 3. The summed E-state index contributed by atoms with van der Waals surface area (Å²) in [6, 6.07) is 8.95. The highest BCUT2D eigenvalue weighted by Crippen LogP contribution is 2.41. The summed E-state index contributed by atoms with van der Waals surface area (Å²) in [5.74, 6) is 0.518. The van der Waals surface area contributed by atoms with Crippen molar-refractivity contribution < 1.29 is 9.47 Å². The number of benzene rings is 1. The topological polar surface area (TPSA) is 44.5 Å². The Morgan fingerprint density at radius 2 is 1.90 bits per heavy atom. The van der Waals surface area contributed by atoms with Crippen molar-refractivity contribution in [1.82, 2.24) is 0 Å². The smallest absolute Gasteiger partial charge is 0.0729 e. The van der Waals surface area contributed by atoms with Gasteiger partial charge in [0.25, 0.3) is 0 Å². The highest BCUT2D eigenvalue weighted by atomic mass is 16.5. The van der Waals surface area contributed by atoms with Crippen LogP contribution in [0.5, 0.6) is 0 Å². The first kappa shape index (κ1) is 15.0. The molecule has 0 radical (unpaired) electrons. The zero-order chi connectivity index (χ0) is 14.7. The van der Waals surface area contributed by atoms with Crippen LogP contribution >= 0.6 is 0 Å². The number of ether oxygens (including phenoxy) is 2. The summed E-state index contributed by atoms with van der Waals surface area (Å²) in [6.45, 7) is 4.67. The summed E-state index contributed by atoms with van der Waals surface area (Å²) in [7, 11) is 0. The van der Waals surface area contributed by atoms with Crippen LogP contribution < -0.4 is 5.73 Å². The Morgan fingerprint density at radius 3 is 2.57 bits per heavy atom. The van der Waals surface area contributed by atoms with E-state index in [1.807, 2.05) is 0 Å². The van der Waals surface area contributed by atoms with Crippen LogP contribution in [0.25, 0.3) is 0 Å². The van der Waals surface area contributed by atoms with Crippen molar-refractivity contribution in [2.24, 2.45) is 11.7 Å². The summed E-state index contributed by atoms with van der Waals surface area (Å²) < 4.78 is 11.6. The molecule has 1 spiro atoms. The van der Waals surface area contributed by atoms with Gasteiger partial charge >= 0.3 is 0 Å². The maximum absolute atomic E-state index is 6.56. The second kappa shape index (κ2) is 6.47. The average Bonchev–Trinajstić information content (AvgIpc) is 2.55. The van der Waals surface area contributed by atoms with Gasteiger partial charge in [0.15, 0.2) is 0 Å². The Kier molecular flexibility index (Phi) is 4.63. The molecule has 21 heavy (non-hydrogen) atoms. The number of rotatable bonds is 3. The summed E-state index contributed by atoms with van der Waals surface area (Å²) in [4.78, 5) is 0. The summed E-state index contributed by atoms with van der Waals surface area (Å²) in [5, 5.41) is 0. The maximum atomic E-state index is 6.56. The van der Waals surface area contributed by atoms with E-state index in [-0.39, 0.29) is 11.6 Å². The fraction of sp³-hybridized carbons (Fsp3) is 0.667. The van der Waals surface area contributed by atoms with Gasteiger partial charge in [-0.05, 0) is 49.1 Å². The number of nitrogens with two attached hydrogens (primary N) is 1. The van der Waals surface area contributed by atoms with Crippen LogP contribution in [0.15, 0.2) is 24.3 Å². The third-order valence-electron chi connectivity index (χ3n) is 5.22. The molecule has 2 saturated heterocycles. The highest BCUT2D eigenvalue weighted by molar-refractivity contribution is 5.25. The molecule has 0 amide bonds. The van der Waals surface area contributed by atoms with Gasteiger partial charge in [0, 0.05) is 25.9 Å². The summed E-state index contributed by atoms with van der Waals surface area (Å²) in [5.41, 5.74) is 9.23. The fourth-order valence-electron chi connectivity index (χ4n) is 3.71. The quantitative estimate of drug-likeness (QED) is 0.929. The zero-order valence-corrected chi connectivity index (χ0v) is 13.0. The molecule has 2 N–H and O–H groups in total. The van der Waals surface area contributed by atoms with Crippen LogP contribution in [0.1, 0.15) is 49.8 Å². The molecule has 0 bridgehead atoms. The Hall–Kier alpha value is -0.900. The molecule has 2 fully saturated rings. The molecular formula is C18H27NO2. The zero-order valence-electron chi connectivity index (χ0n) is 13.0. The lowest BCUT2D eigenvalue weighted by atomic mass is 9.76. The summed E-state index contributed by atoms with van der Waals surface area (Å²) >= 11 is 0. The minimum atomic E-state index is 0.0299. The Bertz CT molecular complexity index is 445. The molecule has 2 aliphatic rings. The lowest BCUT2D eigenvalue weighted by Crippen LogP contribution is -2.46. The minimum Gasteiger partial charge on any atom is -0.381 e. The van der Waals surface area contributed by atoms with Gasteiger partial charge in [0.05, 0.1) is 5.60 Å². The molecule has 2 unspecified atom stereocenters. The van der Waals surface area contributed by atoms with Gasteiger partial charge in [-0.2, -0.15) is 0 Å². The molecule has 2 aliphatic heterocycles. The normalized spacial score (nSPS) is 26.7. The lowest BCUT2D eigenvalue weighted by molar-refractivity contribution is -0.149. The molecule has 0 aromatic heterocycles. The van der Waals surface area contributed by atoms with Crippen molar-refractivity contribution in [2.45, 2.75) is 50.7 Å². The van der Waals surface area contributed by atoms with Crippen molar-refractivity contribution in [1.29, 1.82) is 0 Å². The van der Waals surface area contributed by atoms with E-state index in [2.05, 4.69) is 31.2 Å². The van der Waals surface area contributed by atoms with Crippen LogP contribution in [0.4, 0.5) is 0 Å². The molecule has 0 aliphatic carbocycles. The van der Waals surface area contributed by atoms with E-state index in [0.717, 1.165) is 51.9 Å². The molecule has 116 valence electrons. The van der Waals surface area contributed by atoms with E-state index in [0.29, 0.717) is 5.92 Å². The maximum Gasteiger partial charge on any atom is 0.0729 e.